The highest BCUT2D eigenvalue weighted by Gasteiger charge is 2.55. The molecule has 33 heteroatoms. The van der Waals surface area contributed by atoms with Crippen molar-refractivity contribution in [1.82, 2.24) is 16.0 Å². The number of aliphatic hydroxyl groups is 17. The normalized spacial score (nSPS) is 42.9. The predicted molar refractivity (Wildman–Crippen MR) is 244 cm³/mol. The number of carbonyl (C=O) groups is 3. The molecule has 5 heterocycles. The zero-order valence-electron chi connectivity index (χ0n) is 42.2. The summed E-state index contributed by atoms with van der Waals surface area (Å²) in [5.74, 6) is -4.60. The number of carbonyl (C=O) groups excluding carboxylic acids is 3. The van der Waals surface area contributed by atoms with Crippen molar-refractivity contribution in [2.45, 2.75) is 194 Å². The summed E-state index contributed by atoms with van der Waals surface area (Å²) >= 11 is 0. The lowest BCUT2D eigenvalue weighted by Crippen LogP contribution is -2.70. The summed E-state index contributed by atoms with van der Waals surface area (Å²) in [5.41, 5.74) is -0.949. The lowest BCUT2D eigenvalue weighted by atomic mass is 9.90. The number of rotatable bonds is 23. The Morgan fingerprint density at radius 3 is 1.57 bits per heavy atom. The molecule has 0 aromatic carbocycles. The van der Waals surface area contributed by atoms with Crippen molar-refractivity contribution in [3.63, 3.8) is 0 Å². The van der Waals surface area contributed by atoms with Crippen molar-refractivity contribution in [2.75, 3.05) is 46.2 Å². The summed E-state index contributed by atoms with van der Waals surface area (Å²) in [6, 6.07) is -2.72. The summed E-state index contributed by atoms with van der Waals surface area (Å²) in [7, 11) is 0. The number of nitrogens with one attached hydrogen (secondary N) is 3. The van der Waals surface area contributed by atoms with E-state index in [0.29, 0.717) is 0 Å². The van der Waals surface area contributed by atoms with E-state index >= 15 is 0 Å². The number of amides is 3. The van der Waals surface area contributed by atoms with Gasteiger partial charge in [-0.1, -0.05) is 0 Å². The van der Waals surface area contributed by atoms with E-state index < -0.39 is 247 Å². The quantitative estimate of drug-likeness (QED) is 0.0334. The van der Waals surface area contributed by atoms with E-state index in [1.54, 1.807) is 0 Å². The molecule has 5 rings (SSSR count). The van der Waals surface area contributed by atoms with Crippen molar-refractivity contribution < 1.29 is 149 Å². The summed E-state index contributed by atoms with van der Waals surface area (Å²) in [6.07, 6.45) is -44.4. The third-order valence-corrected chi connectivity index (χ3v) is 13.6. The highest BCUT2D eigenvalue weighted by molar-refractivity contribution is 5.75. The van der Waals surface area contributed by atoms with Crippen LogP contribution in [0.15, 0.2) is 11.5 Å². The average molecular weight is 1130 g/mol. The number of hydrogen-bond acceptors (Lipinski definition) is 30. The first-order chi connectivity index (χ1) is 36.4. The zero-order valence-corrected chi connectivity index (χ0v) is 42.2. The van der Waals surface area contributed by atoms with Gasteiger partial charge in [0.25, 0.3) is 0 Å². The minimum absolute atomic E-state index is 0.548. The van der Waals surface area contributed by atoms with Crippen LogP contribution in [-0.2, 0) is 61.8 Å². The number of hydrogen-bond donors (Lipinski definition) is 20. The summed E-state index contributed by atoms with van der Waals surface area (Å²) in [6.45, 7) is -1.26. The standard InChI is InChI=1S/C44H75N3O30/c1-13-24(45-14(2)54)31(61)37(21(10-52)69-13)76-41-26(47-16(4)56)32(62)38(22(11-53)73-41)77-43-36(66)33(63)30(60)23(74-43)12-68-44-39(34(64)29(59)20(9-51)72-44)75-40(67)25(46-15(3)55)28(58)18(5-6-48)70-42-35(65)27(57)17(7-49)19(8-50)71-42/h13,17-24,26-27,29-44,48-53,57-67H,5-12H2,1-4H3,(H,45,54)(H,46,55)(H,47,56)/b28-25-/t13-,17-,18+,19?,20?,21?,22?,23?,24?,26?,27?,29+,30+,31?,32?,33?,34?,35?,36?,37+,38+,39?,40-,41-,42+,43-,44-/m0/s1. The predicted octanol–water partition coefficient (Wildman–Crippen LogP) is -11.3. The molecule has 77 heavy (non-hydrogen) atoms. The molecule has 5 saturated heterocycles. The van der Waals surface area contributed by atoms with Gasteiger partial charge in [0.05, 0.1) is 64.0 Å². The van der Waals surface area contributed by atoms with E-state index in [9.17, 15) is 101 Å². The van der Waals surface area contributed by atoms with Gasteiger partial charge in [0.2, 0.25) is 24.0 Å². The fraction of sp³-hybridized carbons (Fsp3) is 0.886. The maximum absolute atomic E-state index is 12.5. The van der Waals surface area contributed by atoms with Crippen molar-refractivity contribution in [3.8, 4) is 0 Å². The second-order valence-electron chi connectivity index (χ2n) is 19.1. The molecule has 0 radical (unpaired) electrons. The number of ether oxygens (including phenoxy) is 10. The molecular weight excluding hydrogens is 1050 g/mol. The van der Waals surface area contributed by atoms with Gasteiger partial charge in [0.15, 0.2) is 25.2 Å². The van der Waals surface area contributed by atoms with Gasteiger partial charge in [-0.15, -0.1) is 0 Å². The molecular formula is C44H75N3O30. The lowest BCUT2D eigenvalue weighted by molar-refractivity contribution is -0.366. The van der Waals surface area contributed by atoms with Gasteiger partial charge < -0.3 is 150 Å². The summed E-state index contributed by atoms with van der Waals surface area (Å²) < 4.78 is 57.4. The molecule has 0 spiro atoms. The molecule has 5 aliphatic heterocycles. The molecule has 33 nitrogen and oxygen atoms in total. The Morgan fingerprint density at radius 2 is 1.01 bits per heavy atom. The lowest BCUT2D eigenvalue weighted by Gasteiger charge is -2.49. The Labute approximate surface area is 438 Å². The van der Waals surface area contributed by atoms with E-state index in [0.717, 1.165) is 13.8 Å². The smallest absolute Gasteiger partial charge is 0.221 e. The van der Waals surface area contributed by atoms with Gasteiger partial charge in [0, 0.05) is 39.7 Å². The second-order valence-corrected chi connectivity index (χ2v) is 19.1. The molecule has 27 atom stereocenters. The van der Waals surface area contributed by atoms with Crippen LogP contribution in [0.1, 0.15) is 34.1 Å². The Balaban J connectivity index is 1.36. The molecule has 0 saturated carbocycles. The van der Waals surface area contributed by atoms with E-state index in [-0.39, 0.29) is 0 Å². The van der Waals surface area contributed by atoms with Crippen molar-refractivity contribution in [1.29, 1.82) is 0 Å². The van der Waals surface area contributed by atoms with Crippen molar-refractivity contribution >= 4 is 17.7 Å². The minimum atomic E-state index is -2.58. The van der Waals surface area contributed by atoms with Gasteiger partial charge in [-0.25, -0.2) is 0 Å². The van der Waals surface area contributed by atoms with Crippen LogP contribution in [0.3, 0.4) is 0 Å². The highest BCUT2D eigenvalue weighted by Crippen LogP contribution is 2.35. The topological polar surface area (TPSA) is 524 Å². The Hall–Kier alpha value is -3.09. The van der Waals surface area contributed by atoms with E-state index in [1.807, 2.05) is 0 Å². The first-order valence-electron chi connectivity index (χ1n) is 24.6. The van der Waals surface area contributed by atoms with E-state index in [4.69, 9.17) is 47.4 Å². The van der Waals surface area contributed by atoms with Crippen molar-refractivity contribution in [2.24, 2.45) is 5.92 Å². The Morgan fingerprint density at radius 1 is 0.506 bits per heavy atom. The minimum Gasteiger partial charge on any atom is -0.507 e. The van der Waals surface area contributed by atoms with Crippen LogP contribution in [0.25, 0.3) is 0 Å². The maximum Gasteiger partial charge on any atom is 0.221 e. The van der Waals surface area contributed by atoms with Gasteiger partial charge in [-0.05, 0) is 6.92 Å². The molecule has 20 N–H and O–H groups in total. The Kier molecular flexibility index (Phi) is 24.4. The van der Waals surface area contributed by atoms with Crippen LogP contribution in [0, 0.1) is 5.92 Å². The van der Waals surface area contributed by atoms with E-state index in [2.05, 4.69) is 16.0 Å². The zero-order chi connectivity index (χ0) is 57.3. The fourth-order valence-corrected chi connectivity index (χ4v) is 9.52. The molecule has 446 valence electrons. The molecule has 0 aromatic heterocycles. The molecule has 0 bridgehead atoms. The summed E-state index contributed by atoms with van der Waals surface area (Å²) in [5, 5.41) is 189. The third kappa shape index (κ3) is 15.3. The second kappa shape index (κ2) is 29.1. The van der Waals surface area contributed by atoms with Crippen molar-refractivity contribution in [3.05, 3.63) is 11.5 Å². The first-order valence-corrected chi connectivity index (χ1v) is 24.6. The molecule has 0 aliphatic carbocycles. The van der Waals surface area contributed by atoms with Gasteiger partial charge in [-0.3, -0.25) is 14.4 Å². The molecule has 15 unspecified atom stereocenters. The van der Waals surface area contributed by atoms with Crippen LogP contribution >= 0.6 is 0 Å². The van der Waals surface area contributed by atoms with Crippen LogP contribution in [0.5, 0.6) is 0 Å². The SMILES string of the molecule is CC(=O)N/C(=C(\O)[C@@H](CCO)O[C@@H]1OC(CO)[C@H](CO)C(O)C1O)[C@@H](O)OC1C(O)[C@H](O)C(CO)O[C@@H]1OCC1O[C@@H](O[C@@H]2C(CO)O[C@@H](O[C@@H]3C(CO)O[C@@H](C)C(NC(C)=O)C3O)C(NC(C)=O)C2O)C(O)C(O)[C@@H]1O. The third-order valence-electron chi connectivity index (χ3n) is 13.6. The average Bonchev–Trinajstić information content (AvgIpc) is 3.38. The monoisotopic (exact) mass is 1130 g/mol. The van der Waals surface area contributed by atoms with Gasteiger partial charge >= 0.3 is 0 Å². The van der Waals surface area contributed by atoms with E-state index in [1.165, 1.54) is 13.8 Å². The van der Waals surface area contributed by atoms with Crippen LogP contribution in [-0.4, -0.2) is 310 Å². The molecule has 3 amide bonds. The Bertz CT molecular complexity index is 1910. The molecule has 5 fully saturated rings. The van der Waals surface area contributed by atoms with Gasteiger partial charge in [0.1, 0.15) is 115 Å². The highest BCUT2D eigenvalue weighted by atomic mass is 16.8. The molecule has 5 aliphatic rings. The number of aliphatic hydroxyl groups excluding tert-OH is 17. The maximum atomic E-state index is 12.5. The fourth-order valence-electron chi connectivity index (χ4n) is 9.52. The van der Waals surface area contributed by atoms with Gasteiger partial charge in [-0.2, -0.15) is 0 Å². The first kappa shape index (κ1) is 64.7. The van der Waals surface area contributed by atoms with Crippen LogP contribution < -0.4 is 16.0 Å². The molecule has 0 aromatic rings. The van der Waals surface area contributed by atoms with Crippen LogP contribution in [0.4, 0.5) is 0 Å². The largest absolute Gasteiger partial charge is 0.507 e. The summed E-state index contributed by atoms with van der Waals surface area (Å²) in [4.78, 5) is 36.8. The van der Waals surface area contributed by atoms with Crippen LogP contribution in [0.2, 0.25) is 0 Å².